The quantitative estimate of drug-likeness (QED) is 0.477. The zero-order valence-electron chi connectivity index (χ0n) is 11.3. The smallest absolute Gasteiger partial charge is 0.307 e. The molecule has 0 heterocycles. The van der Waals surface area contributed by atoms with Crippen molar-refractivity contribution in [3.8, 4) is 0 Å². The van der Waals surface area contributed by atoms with E-state index in [-0.39, 0.29) is 18.4 Å². The van der Waals surface area contributed by atoms with Gasteiger partial charge in [-0.3, -0.25) is 4.79 Å². The molecule has 1 aromatic rings. The third kappa shape index (κ3) is 5.21. The average molecular weight is 289 g/mol. The summed E-state index contributed by atoms with van der Waals surface area (Å²) in [6, 6.07) is 0.521. The van der Waals surface area contributed by atoms with Crippen molar-refractivity contribution in [2.45, 2.75) is 38.6 Å². The second kappa shape index (κ2) is 7.89. The van der Waals surface area contributed by atoms with Crippen molar-refractivity contribution in [3.63, 3.8) is 0 Å². The van der Waals surface area contributed by atoms with E-state index >= 15 is 0 Å². The first-order valence-electron chi connectivity index (χ1n) is 6.48. The van der Waals surface area contributed by atoms with Crippen molar-refractivity contribution in [2.24, 2.45) is 5.73 Å². The van der Waals surface area contributed by atoms with Gasteiger partial charge < -0.3 is 10.5 Å². The van der Waals surface area contributed by atoms with Gasteiger partial charge in [0.05, 0.1) is 13.0 Å². The number of benzene rings is 1. The maximum Gasteiger partial charge on any atom is 0.307 e. The van der Waals surface area contributed by atoms with E-state index in [2.05, 4.69) is 0 Å². The van der Waals surface area contributed by atoms with E-state index < -0.39 is 29.5 Å². The lowest BCUT2D eigenvalue weighted by molar-refractivity contribution is -0.144. The second-order valence-corrected chi connectivity index (χ2v) is 4.60. The fraction of sp³-hybridized carbons (Fsp3) is 0.500. The highest BCUT2D eigenvalue weighted by molar-refractivity contribution is 5.70. The van der Waals surface area contributed by atoms with Gasteiger partial charge in [-0.25, -0.2) is 13.2 Å². The van der Waals surface area contributed by atoms with Gasteiger partial charge >= 0.3 is 5.97 Å². The number of esters is 1. The summed E-state index contributed by atoms with van der Waals surface area (Å²) in [5.74, 6) is -3.74. The molecule has 1 atom stereocenters. The summed E-state index contributed by atoms with van der Waals surface area (Å²) >= 11 is 0. The van der Waals surface area contributed by atoms with Crippen molar-refractivity contribution >= 4 is 5.97 Å². The number of unbranched alkanes of at least 4 members (excludes halogenated alkanes) is 1. The van der Waals surface area contributed by atoms with Gasteiger partial charge in [0.1, 0.15) is 5.82 Å². The summed E-state index contributed by atoms with van der Waals surface area (Å²) in [6.45, 7) is 2.28. The molecule has 1 aromatic carbocycles. The topological polar surface area (TPSA) is 52.3 Å². The van der Waals surface area contributed by atoms with Crippen molar-refractivity contribution in [3.05, 3.63) is 35.1 Å². The highest BCUT2D eigenvalue weighted by atomic mass is 19.2. The summed E-state index contributed by atoms with van der Waals surface area (Å²) in [6.07, 6.45) is 1.51. The Morgan fingerprint density at radius 2 is 1.90 bits per heavy atom. The van der Waals surface area contributed by atoms with Crippen LogP contribution in [0.2, 0.25) is 0 Å². The van der Waals surface area contributed by atoms with Gasteiger partial charge in [-0.05, 0) is 24.5 Å². The molecule has 0 aliphatic rings. The van der Waals surface area contributed by atoms with Crippen LogP contribution in [0.3, 0.4) is 0 Å². The minimum atomic E-state index is -1.25. The maximum absolute atomic E-state index is 13.4. The molecular weight excluding hydrogens is 271 g/mol. The van der Waals surface area contributed by atoms with Crippen LogP contribution in [0.4, 0.5) is 13.2 Å². The van der Waals surface area contributed by atoms with Gasteiger partial charge in [0.15, 0.2) is 11.6 Å². The standard InChI is InChI=1S/C14H18F3NO2/c1-2-3-4-20-14(19)7-10(18)5-9-6-12(16)13(17)8-11(9)15/h6,8,10H,2-5,7,18H2,1H3. The van der Waals surface area contributed by atoms with Crippen LogP contribution in [0.5, 0.6) is 0 Å². The molecule has 0 spiro atoms. The molecule has 20 heavy (non-hydrogen) atoms. The van der Waals surface area contributed by atoms with Crippen LogP contribution in [0.25, 0.3) is 0 Å². The number of carbonyl (C=O) groups is 1. The summed E-state index contributed by atoms with van der Waals surface area (Å²) in [7, 11) is 0. The summed E-state index contributed by atoms with van der Waals surface area (Å²) in [5.41, 5.74) is 5.63. The van der Waals surface area contributed by atoms with Crippen LogP contribution < -0.4 is 5.73 Å². The second-order valence-electron chi connectivity index (χ2n) is 4.60. The Bertz CT molecular complexity index is 466. The Kier molecular flexibility index (Phi) is 6.51. The predicted octanol–water partition coefficient (Wildman–Crippen LogP) is 2.71. The molecule has 3 nitrogen and oxygen atoms in total. The fourth-order valence-corrected chi connectivity index (χ4v) is 1.68. The normalized spacial score (nSPS) is 12.2. The highest BCUT2D eigenvalue weighted by Crippen LogP contribution is 2.15. The lowest BCUT2D eigenvalue weighted by Gasteiger charge is -2.12. The lowest BCUT2D eigenvalue weighted by Crippen LogP contribution is -2.28. The molecule has 1 unspecified atom stereocenters. The van der Waals surface area contributed by atoms with Crippen molar-refractivity contribution in [2.75, 3.05) is 6.61 Å². The predicted molar refractivity (Wildman–Crippen MR) is 68.5 cm³/mol. The molecule has 1 rings (SSSR count). The van der Waals surface area contributed by atoms with Crippen LogP contribution >= 0.6 is 0 Å². The maximum atomic E-state index is 13.4. The molecular formula is C14H18F3NO2. The third-order valence-electron chi connectivity index (χ3n) is 2.76. The molecule has 0 aliphatic carbocycles. The first kappa shape index (κ1) is 16.5. The van der Waals surface area contributed by atoms with Gasteiger partial charge in [0, 0.05) is 12.1 Å². The van der Waals surface area contributed by atoms with Gasteiger partial charge in [-0.15, -0.1) is 0 Å². The molecule has 0 bridgehead atoms. The monoisotopic (exact) mass is 289 g/mol. The van der Waals surface area contributed by atoms with Gasteiger partial charge in [0.25, 0.3) is 0 Å². The fourth-order valence-electron chi connectivity index (χ4n) is 1.68. The summed E-state index contributed by atoms with van der Waals surface area (Å²) < 4.78 is 44.1. The molecule has 0 fully saturated rings. The molecule has 112 valence electrons. The van der Waals surface area contributed by atoms with Gasteiger partial charge in [-0.2, -0.15) is 0 Å². The molecule has 0 saturated heterocycles. The van der Waals surface area contributed by atoms with E-state index in [1.165, 1.54) is 0 Å². The van der Waals surface area contributed by atoms with Gasteiger partial charge in [0.2, 0.25) is 0 Å². The number of nitrogens with two attached hydrogens (primary N) is 1. The van der Waals surface area contributed by atoms with E-state index in [0.29, 0.717) is 12.7 Å². The Morgan fingerprint density at radius 3 is 2.55 bits per heavy atom. The van der Waals surface area contributed by atoms with E-state index in [4.69, 9.17) is 10.5 Å². The van der Waals surface area contributed by atoms with Crippen LogP contribution in [0.1, 0.15) is 31.7 Å². The van der Waals surface area contributed by atoms with Gasteiger partial charge in [-0.1, -0.05) is 13.3 Å². The van der Waals surface area contributed by atoms with Crippen molar-refractivity contribution in [1.29, 1.82) is 0 Å². The molecule has 2 N–H and O–H groups in total. The zero-order valence-corrected chi connectivity index (χ0v) is 11.3. The van der Waals surface area contributed by atoms with Crippen molar-refractivity contribution in [1.82, 2.24) is 0 Å². The Hall–Kier alpha value is -1.56. The van der Waals surface area contributed by atoms with E-state index in [1.54, 1.807) is 0 Å². The van der Waals surface area contributed by atoms with E-state index in [1.807, 2.05) is 6.92 Å². The van der Waals surface area contributed by atoms with Crippen LogP contribution in [-0.2, 0) is 16.0 Å². The third-order valence-corrected chi connectivity index (χ3v) is 2.76. The first-order chi connectivity index (χ1) is 9.43. The Labute approximate surface area is 115 Å². The number of rotatable bonds is 7. The number of ether oxygens (including phenoxy) is 1. The molecule has 6 heteroatoms. The molecule has 0 amide bonds. The average Bonchev–Trinajstić information content (AvgIpc) is 2.36. The molecule has 0 aliphatic heterocycles. The van der Waals surface area contributed by atoms with Crippen LogP contribution in [0, 0.1) is 17.5 Å². The number of hydrogen-bond acceptors (Lipinski definition) is 3. The molecule has 0 saturated carbocycles. The SMILES string of the molecule is CCCCOC(=O)CC(N)Cc1cc(F)c(F)cc1F. The Morgan fingerprint density at radius 1 is 1.25 bits per heavy atom. The van der Waals surface area contributed by atoms with E-state index in [9.17, 15) is 18.0 Å². The molecule has 0 radical (unpaired) electrons. The zero-order chi connectivity index (χ0) is 15.1. The first-order valence-corrected chi connectivity index (χ1v) is 6.48. The molecule has 0 aromatic heterocycles. The Balaban J connectivity index is 2.52. The number of halogens is 3. The van der Waals surface area contributed by atoms with Crippen LogP contribution in [0.15, 0.2) is 12.1 Å². The van der Waals surface area contributed by atoms with Crippen LogP contribution in [-0.4, -0.2) is 18.6 Å². The lowest BCUT2D eigenvalue weighted by atomic mass is 10.0. The minimum absolute atomic E-state index is 0.0576. The summed E-state index contributed by atoms with van der Waals surface area (Å²) in [5, 5.41) is 0. The minimum Gasteiger partial charge on any atom is -0.466 e. The van der Waals surface area contributed by atoms with E-state index in [0.717, 1.165) is 18.9 Å². The summed E-state index contributed by atoms with van der Waals surface area (Å²) in [4.78, 5) is 11.4. The van der Waals surface area contributed by atoms with Crippen molar-refractivity contribution < 1.29 is 22.7 Å². The highest BCUT2D eigenvalue weighted by Gasteiger charge is 2.16. The number of hydrogen-bond donors (Lipinski definition) is 1. The number of carbonyl (C=O) groups excluding carboxylic acids is 1. The largest absolute Gasteiger partial charge is 0.466 e.